The van der Waals surface area contributed by atoms with Crippen molar-refractivity contribution in [1.82, 2.24) is 20.4 Å². The predicted octanol–water partition coefficient (Wildman–Crippen LogP) is 4.67. The number of carbonyl (C=O) groups excluding carboxylic acids is 1. The van der Waals surface area contributed by atoms with Gasteiger partial charge in [0.05, 0.1) is 5.69 Å². The minimum atomic E-state index is -0.302. The van der Waals surface area contributed by atoms with E-state index in [1.54, 1.807) is 17.4 Å². The molecule has 3 heterocycles. The number of aromatic amines is 1. The van der Waals surface area contributed by atoms with Crippen LogP contribution >= 0.6 is 38.6 Å². The van der Waals surface area contributed by atoms with E-state index < -0.39 is 0 Å². The highest BCUT2D eigenvalue weighted by Gasteiger charge is 2.14. The van der Waals surface area contributed by atoms with Crippen molar-refractivity contribution >= 4 is 49.6 Å². The first kappa shape index (κ1) is 16.1. The Bertz CT molecular complexity index is 1010. The van der Waals surface area contributed by atoms with Crippen molar-refractivity contribution in [1.29, 1.82) is 0 Å². The average molecular weight is 432 g/mol. The lowest BCUT2D eigenvalue weighted by atomic mass is 10.1. The van der Waals surface area contributed by atoms with Crippen molar-refractivity contribution in [2.75, 3.05) is 5.32 Å². The molecule has 4 aromatic rings. The van der Waals surface area contributed by atoms with E-state index in [1.165, 1.54) is 11.3 Å². The van der Waals surface area contributed by atoms with Crippen LogP contribution in [0.2, 0.25) is 0 Å². The van der Waals surface area contributed by atoms with Crippen molar-refractivity contribution < 1.29 is 4.79 Å². The first-order valence-electron chi connectivity index (χ1n) is 7.18. The molecule has 0 unspecified atom stereocenters. The van der Waals surface area contributed by atoms with Gasteiger partial charge in [-0.3, -0.25) is 15.2 Å². The van der Waals surface area contributed by atoms with E-state index in [1.807, 2.05) is 41.1 Å². The van der Waals surface area contributed by atoms with Crippen molar-refractivity contribution in [3.8, 4) is 21.8 Å². The molecule has 9 heteroatoms. The number of nitrogens with one attached hydrogen (secondary N) is 2. The summed E-state index contributed by atoms with van der Waals surface area (Å²) in [4.78, 5) is 12.4. The Balaban J connectivity index is 1.49. The van der Waals surface area contributed by atoms with Gasteiger partial charge in [0.1, 0.15) is 10.7 Å². The molecular weight excluding hydrogens is 422 g/mol. The number of benzene rings is 1. The molecule has 0 fully saturated rings. The van der Waals surface area contributed by atoms with Crippen molar-refractivity contribution in [2.24, 2.45) is 0 Å². The molecular formula is C16H10BrN5OS2. The summed E-state index contributed by atoms with van der Waals surface area (Å²) in [5.74, 6) is -0.302. The van der Waals surface area contributed by atoms with E-state index in [9.17, 15) is 4.79 Å². The summed E-state index contributed by atoms with van der Waals surface area (Å²) in [6.07, 6.45) is 0. The number of anilines is 1. The van der Waals surface area contributed by atoms with Crippen LogP contribution in [0.5, 0.6) is 0 Å². The van der Waals surface area contributed by atoms with E-state index in [0.717, 1.165) is 20.6 Å². The quantitative estimate of drug-likeness (QED) is 0.491. The lowest BCUT2D eigenvalue weighted by Crippen LogP contribution is -2.12. The Morgan fingerprint density at radius 2 is 1.96 bits per heavy atom. The summed E-state index contributed by atoms with van der Waals surface area (Å²) < 4.78 is 0.988. The first-order chi connectivity index (χ1) is 12.2. The Morgan fingerprint density at radius 3 is 2.72 bits per heavy atom. The second kappa shape index (κ2) is 6.87. The first-order valence-corrected chi connectivity index (χ1v) is 9.73. The summed E-state index contributed by atoms with van der Waals surface area (Å²) in [6.45, 7) is 0. The molecule has 1 aromatic carbocycles. The third-order valence-electron chi connectivity index (χ3n) is 3.38. The molecule has 0 bridgehead atoms. The van der Waals surface area contributed by atoms with E-state index in [-0.39, 0.29) is 5.91 Å². The van der Waals surface area contributed by atoms with Gasteiger partial charge in [0.15, 0.2) is 0 Å². The lowest BCUT2D eigenvalue weighted by Gasteiger charge is -1.97. The van der Waals surface area contributed by atoms with Gasteiger partial charge in [-0.2, -0.15) is 16.4 Å². The highest BCUT2D eigenvalue weighted by atomic mass is 79.9. The predicted molar refractivity (Wildman–Crippen MR) is 103 cm³/mol. The van der Waals surface area contributed by atoms with Crippen LogP contribution in [0.3, 0.4) is 0 Å². The zero-order chi connectivity index (χ0) is 17.2. The number of halogens is 1. The number of hydrogen-bond donors (Lipinski definition) is 2. The maximum atomic E-state index is 12.4. The van der Waals surface area contributed by atoms with Crippen LogP contribution in [0.15, 0.2) is 51.6 Å². The van der Waals surface area contributed by atoms with Crippen molar-refractivity contribution in [3.63, 3.8) is 0 Å². The molecule has 25 heavy (non-hydrogen) atoms. The third kappa shape index (κ3) is 3.53. The maximum absolute atomic E-state index is 12.4. The highest BCUT2D eigenvalue weighted by molar-refractivity contribution is 9.10. The topological polar surface area (TPSA) is 83.6 Å². The molecule has 4 rings (SSSR count). The fourth-order valence-corrected chi connectivity index (χ4v) is 3.86. The molecule has 0 aliphatic rings. The summed E-state index contributed by atoms with van der Waals surface area (Å²) in [5, 5.41) is 23.0. The monoisotopic (exact) mass is 431 g/mol. The van der Waals surface area contributed by atoms with Crippen LogP contribution in [0.1, 0.15) is 10.5 Å². The van der Waals surface area contributed by atoms with Gasteiger partial charge in [-0.15, -0.1) is 10.2 Å². The van der Waals surface area contributed by atoms with Crippen LogP contribution in [0.25, 0.3) is 21.8 Å². The number of H-pyrrole nitrogens is 1. The van der Waals surface area contributed by atoms with E-state index in [4.69, 9.17) is 0 Å². The Labute approximate surface area is 159 Å². The smallest absolute Gasteiger partial charge is 0.275 e. The van der Waals surface area contributed by atoms with Gasteiger partial charge in [-0.25, -0.2) is 0 Å². The van der Waals surface area contributed by atoms with Gasteiger partial charge in [-0.1, -0.05) is 39.4 Å². The minimum Gasteiger partial charge on any atom is -0.295 e. The molecule has 0 atom stereocenters. The molecule has 0 aliphatic carbocycles. The second-order valence-electron chi connectivity index (χ2n) is 5.05. The molecule has 3 aromatic heterocycles. The molecule has 1 amide bonds. The van der Waals surface area contributed by atoms with Gasteiger partial charge >= 0.3 is 0 Å². The molecule has 2 N–H and O–H groups in total. The zero-order valence-electron chi connectivity index (χ0n) is 12.6. The summed E-state index contributed by atoms with van der Waals surface area (Å²) in [6, 6.07) is 11.4. The van der Waals surface area contributed by atoms with Crippen LogP contribution in [0.4, 0.5) is 5.13 Å². The lowest BCUT2D eigenvalue weighted by molar-refractivity contribution is 0.102. The fraction of sp³-hybridized carbons (Fsp3) is 0. The Morgan fingerprint density at radius 1 is 1.12 bits per heavy atom. The second-order valence-corrected chi connectivity index (χ2v) is 7.73. The number of hydrogen-bond acceptors (Lipinski definition) is 6. The van der Waals surface area contributed by atoms with Crippen LogP contribution in [-0.4, -0.2) is 26.3 Å². The zero-order valence-corrected chi connectivity index (χ0v) is 15.8. The van der Waals surface area contributed by atoms with Gasteiger partial charge in [-0.05, 0) is 29.6 Å². The van der Waals surface area contributed by atoms with Gasteiger partial charge in [0, 0.05) is 21.0 Å². The fourth-order valence-electron chi connectivity index (χ4n) is 2.15. The van der Waals surface area contributed by atoms with Crippen LogP contribution in [-0.2, 0) is 0 Å². The number of carbonyl (C=O) groups is 1. The minimum absolute atomic E-state index is 0.302. The molecule has 0 saturated heterocycles. The van der Waals surface area contributed by atoms with Gasteiger partial charge in [0.2, 0.25) is 5.13 Å². The summed E-state index contributed by atoms with van der Waals surface area (Å²) >= 11 is 6.32. The Kier molecular flexibility index (Phi) is 4.43. The molecule has 6 nitrogen and oxygen atoms in total. The average Bonchev–Trinajstić information content (AvgIpc) is 3.36. The number of aromatic nitrogens is 4. The molecule has 0 aliphatic heterocycles. The number of thiophene rings is 1. The maximum Gasteiger partial charge on any atom is 0.275 e. The van der Waals surface area contributed by atoms with Crippen LogP contribution < -0.4 is 5.32 Å². The number of rotatable bonds is 4. The van der Waals surface area contributed by atoms with E-state index in [0.29, 0.717) is 16.5 Å². The van der Waals surface area contributed by atoms with E-state index >= 15 is 0 Å². The SMILES string of the molecule is O=C(Nc1nnc(-c2ccsc2)s1)c1cc(-c2ccc(Br)cc2)n[nH]1. The molecule has 0 radical (unpaired) electrons. The molecule has 124 valence electrons. The largest absolute Gasteiger partial charge is 0.295 e. The normalized spacial score (nSPS) is 10.8. The number of nitrogens with zero attached hydrogens (tertiary/aromatic N) is 3. The summed E-state index contributed by atoms with van der Waals surface area (Å²) in [5.41, 5.74) is 3.00. The standard InChI is InChI=1S/C16H10BrN5OS2/c17-11-3-1-9(2-4-11)12-7-13(20-19-12)14(23)18-16-22-21-15(25-16)10-5-6-24-8-10/h1-8H,(H,19,20)(H,18,22,23). The van der Waals surface area contributed by atoms with Crippen molar-refractivity contribution in [3.05, 3.63) is 57.3 Å². The Hall–Kier alpha value is -2.36. The van der Waals surface area contributed by atoms with Crippen molar-refractivity contribution in [2.45, 2.75) is 0 Å². The van der Waals surface area contributed by atoms with Gasteiger partial charge < -0.3 is 0 Å². The summed E-state index contributed by atoms with van der Waals surface area (Å²) in [7, 11) is 0. The third-order valence-corrected chi connectivity index (χ3v) is 5.48. The highest BCUT2D eigenvalue weighted by Crippen LogP contribution is 2.28. The van der Waals surface area contributed by atoms with E-state index in [2.05, 4.69) is 41.6 Å². The number of amides is 1. The molecule has 0 spiro atoms. The van der Waals surface area contributed by atoms with Crippen LogP contribution in [0, 0.1) is 0 Å². The van der Waals surface area contributed by atoms with Gasteiger partial charge in [0.25, 0.3) is 5.91 Å². The molecule has 0 saturated carbocycles.